The van der Waals surface area contributed by atoms with Gasteiger partial charge in [0.1, 0.15) is 6.23 Å². The van der Waals surface area contributed by atoms with Crippen LogP contribution in [0.15, 0.2) is 0 Å². The standard InChI is InChI=1S/C63H127N3O3/c1-5-9-13-17-21-25-33-43-55-65(56-44-34-26-22-18-14-10-6-2)62(68)47-39-31-29-37-41-53-64(61-51-49-60(59-67)50-52-61)54-42-38-30-32-40-48-63(69)66(57-45-35-27-23-19-15-11-7-3)58-46-36-28-24-20-16-12-8-4/h60-62,67-68H,5-59H2,1-4H3. The average molecular weight is 975 g/mol. The molecular weight excluding hydrogens is 847 g/mol. The van der Waals surface area contributed by atoms with Crippen LogP contribution >= 0.6 is 0 Å². The van der Waals surface area contributed by atoms with Crippen LogP contribution in [0.4, 0.5) is 0 Å². The summed E-state index contributed by atoms with van der Waals surface area (Å²) < 4.78 is 0. The smallest absolute Gasteiger partial charge is 0.222 e. The van der Waals surface area contributed by atoms with Gasteiger partial charge < -0.3 is 20.0 Å². The first-order valence-corrected chi connectivity index (χ1v) is 32.0. The van der Waals surface area contributed by atoms with Gasteiger partial charge in [0, 0.05) is 45.2 Å². The summed E-state index contributed by atoms with van der Waals surface area (Å²) in [6.07, 6.45) is 61.2. The molecule has 1 aliphatic rings. The fourth-order valence-electron chi connectivity index (χ4n) is 11.3. The third-order valence-electron chi connectivity index (χ3n) is 16.3. The van der Waals surface area contributed by atoms with E-state index in [-0.39, 0.29) is 6.23 Å². The Labute approximate surface area is 433 Å². The molecule has 412 valence electrons. The minimum atomic E-state index is -0.270. The second kappa shape index (κ2) is 52.2. The van der Waals surface area contributed by atoms with Gasteiger partial charge in [-0.3, -0.25) is 9.69 Å². The van der Waals surface area contributed by atoms with Crippen LogP contribution in [0.2, 0.25) is 0 Å². The molecule has 0 bridgehead atoms. The fourth-order valence-corrected chi connectivity index (χ4v) is 11.3. The summed E-state index contributed by atoms with van der Waals surface area (Å²) >= 11 is 0. The molecule has 0 radical (unpaired) electrons. The maximum absolute atomic E-state index is 13.5. The highest BCUT2D eigenvalue weighted by Gasteiger charge is 2.25. The molecule has 0 aromatic heterocycles. The molecular formula is C63H127N3O3. The molecule has 2 N–H and O–H groups in total. The van der Waals surface area contributed by atoms with E-state index in [4.69, 9.17) is 0 Å². The molecule has 6 heteroatoms. The minimum absolute atomic E-state index is 0.270. The van der Waals surface area contributed by atoms with Crippen molar-refractivity contribution in [2.24, 2.45) is 5.92 Å². The minimum Gasteiger partial charge on any atom is -0.396 e. The molecule has 1 rings (SSSR count). The molecule has 1 saturated carbocycles. The number of hydrogen-bond donors (Lipinski definition) is 2. The lowest BCUT2D eigenvalue weighted by Crippen LogP contribution is -2.39. The summed E-state index contributed by atoms with van der Waals surface area (Å²) in [5, 5.41) is 21.2. The third-order valence-corrected chi connectivity index (χ3v) is 16.3. The van der Waals surface area contributed by atoms with Crippen molar-refractivity contribution < 1.29 is 15.0 Å². The van der Waals surface area contributed by atoms with Gasteiger partial charge in [0.05, 0.1) is 0 Å². The highest BCUT2D eigenvalue weighted by Crippen LogP contribution is 2.28. The zero-order valence-corrected chi connectivity index (χ0v) is 47.8. The average Bonchev–Trinajstić information content (AvgIpc) is 3.36. The molecule has 0 aromatic carbocycles. The number of unbranched alkanes of at least 4 members (excludes halogenated alkanes) is 36. The van der Waals surface area contributed by atoms with E-state index in [1.165, 1.54) is 296 Å². The summed E-state index contributed by atoms with van der Waals surface area (Å²) in [6, 6.07) is 0.682. The van der Waals surface area contributed by atoms with Crippen LogP contribution in [0.25, 0.3) is 0 Å². The van der Waals surface area contributed by atoms with Crippen LogP contribution in [0.5, 0.6) is 0 Å². The van der Waals surface area contributed by atoms with E-state index in [1.807, 2.05) is 0 Å². The first-order chi connectivity index (χ1) is 34.0. The number of aliphatic hydroxyl groups excluding tert-OH is 2. The molecule has 1 amide bonds. The fraction of sp³-hybridized carbons (Fsp3) is 0.984. The van der Waals surface area contributed by atoms with E-state index < -0.39 is 0 Å². The predicted molar refractivity (Wildman–Crippen MR) is 304 cm³/mol. The summed E-state index contributed by atoms with van der Waals surface area (Å²) in [5.41, 5.74) is 0. The molecule has 1 atom stereocenters. The van der Waals surface area contributed by atoms with E-state index in [0.717, 1.165) is 51.9 Å². The number of carbonyl (C=O) groups excluding carboxylic acids is 1. The highest BCUT2D eigenvalue weighted by atomic mass is 16.3. The number of carbonyl (C=O) groups is 1. The first kappa shape index (κ1) is 66.3. The number of rotatable bonds is 55. The Kier molecular flexibility index (Phi) is 50.2. The normalized spacial score (nSPS) is 15.8. The van der Waals surface area contributed by atoms with Crippen molar-refractivity contribution in [1.29, 1.82) is 0 Å². The SMILES string of the molecule is CCCCCCCCCCN(CCCCCCCCCC)C(=O)CCCCCCCN(CCCCCCCC(O)N(CCCCCCCCCC)CCCCCCCCCC)C1CCC(CO)CC1. The van der Waals surface area contributed by atoms with E-state index in [0.29, 0.717) is 24.5 Å². The van der Waals surface area contributed by atoms with Gasteiger partial charge in [-0.1, -0.05) is 246 Å². The zero-order valence-electron chi connectivity index (χ0n) is 47.8. The Bertz CT molecular complexity index is 979. The molecule has 1 fully saturated rings. The Balaban J connectivity index is 2.48. The lowest BCUT2D eigenvalue weighted by atomic mass is 9.85. The van der Waals surface area contributed by atoms with Crippen LogP contribution in [0.1, 0.15) is 336 Å². The van der Waals surface area contributed by atoms with Crippen molar-refractivity contribution in [3.8, 4) is 0 Å². The van der Waals surface area contributed by atoms with Crippen molar-refractivity contribution in [3.63, 3.8) is 0 Å². The van der Waals surface area contributed by atoms with Crippen molar-refractivity contribution in [2.75, 3.05) is 45.9 Å². The Morgan fingerprint density at radius 2 is 0.696 bits per heavy atom. The Morgan fingerprint density at radius 3 is 1.06 bits per heavy atom. The number of hydrogen-bond acceptors (Lipinski definition) is 5. The summed E-state index contributed by atoms with van der Waals surface area (Å²) in [5.74, 6) is 0.932. The molecule has 69 heavy (non-hydrogen) atoms. The third kappa shape index (κ3) is 41.4. The van der Waals surface area contributed by atoms with Crippen LogP contribution in [-0.2, 0) is 4.79 Å². The van der Waals surface area contributed by atoms with Crippen molar-refractivity contribution in [1.82, 2.24) is 14.7 Å². The summed E-state index contributed by atoms with van der Waals surface area (Å²) in [4.78, 5) is 21.1. The monoisotopic (exact) mass is 974 g/mol. The van der Waals surface area contributed by atoms with Crippen molar-refractivity contribution in [2.45, 2.75) is 348 Å². The molecule has 6 nitrogen and oxygen atoms in total. The molecule has 1 unspecified atom stereocenters. The largest absolute Gasteiger partial charge is 0.396 e. The maximum Gasteiger partial charge on any atom is 0.222 e. The van der Waals surface area contributed by atoms with E-state index in [9.17, 15) is 15.0 Å². The lowest BCUT2D eigenvalue weighted by molar-refractivity contribution is -0.131. The van der Waals surface area contributed by atoms with Gasteiger partial charge in [0.2, 0.25) is 5.91 Å². The van der Waals surface area contributed by atoms with Gasteiger partial charge in [-0.05, 0) is 102 Å². The van der Waals surface area contributed by atoms with Crippen LogP contribution in [0.3, 0.4) is 0 Å². The van der Waals surface area contributed by atoms with Gasteiger partial charge in [0.25, 0.3) is 0 Å². The van der Waals surface area contributed by atoms with Gasteiger partial charge in [-0.25, -0.2) is 0 Å². The number of aliphatic hydroxyl groups is 2. The number of nitrogens with zero attached hydrogens (tertiary/aromatic N) is 3. The number of amides is 1. The van der Waals surface area contributed by atoms with Gasteiger partial charge in [-0.15, -0.1) is 0 Å². The van der Waals surface area contributed by atoms with Gasteiger partial charge >= 0.3 is 0 Å². The van der Waals surface area contributed by atoms with Crippen LogP contribution in [0, 0.1) is 5.92 Å². The maximum atomic E-state index is 13.5. The van der Waals surface area contributed by atoms with E-state index in [1.54, 1.807) is 0 Å². The quantitative estimate of drug-likeness (QED) is 0.0470. The summed E-state index contributed by atoms with van der Waals surface area (Å²) in [7, 11) is 0. The van der Waals surface area contributed by atoms with E-state index >= 15 is 0 Å². The Morgan fingerprint density at radius 1 is 0.391 bits per heavy atom. The molecule has 0 spiro atoms. The molecule has 0 heterocycles. The van der Waals surface area contributed by atoms with Gasteiger partial charge in [0.15, 0.2) is 0 Å². The lowest BCUT2D eigenvalue weighted by Gasteiger charge is -2.36. The Hall–Kier alpha value is -0.690. The van der Waals surface area contributed by atoms with Crippen LogP contribution < -0.4 is 0 Å². The zero-order chi connectivity index (χ0) is 49.9. The predicted octanol–water partition coefficient (Wildman–Crippen LogP) is 18.5. The topological polar surface area (TPSA) is 67.2 Å². The van der Waals surface area contributed by atoms with Gasteiger partial charge in [-0.2, -0.15) is 0 Å². The second-order valence-electron chi connectivity index (χ2n) is 22.8. The van der Waals surface area contributed by atoms with Crippen molar-refractivity contribution in [3.05, 3.63) is 0 Å². The van der Waals surface area contributed by atoms with E-state index in [2.05, 4.69) is 42.4 Å². The van der Waals surface area contributed by atoms with Crippen LogP contribution in [-0.4, -0.2) is 89.0 Å². The molecule has 1 aliphatic carbocycles. The molecule has 0 saturated heterocycles. The highest BCUT2D eigenvalue weighted by molar-refractivity contribution is 5.76. The summed E-state index contributed by atoms with van der Waals surface area (Å²) in [6.45, 7) is 16.0. The first-order valence-electron chi connectivity index (χ1n) is 32.0. The van der Waals surface area contributed by atoms with Crippen molar-refractivity contribution >= 4 is 5.91 Å². The molecule has 0 aliphatic heterocycles. The second-order valence-corrected chi connectivity index (χ2v) is 22.8. The molecule has 0 aromatic rings.